The predicted octanol–water partition coefficient (Wildman–Crippen LogP) is 4.24. The van der Waals surface area contributed by atoms with E-state index in [1.807, 2.05) is 16.7 Å². The van der Waals surface area contributed by atoms with Crippen LogP contribution in [0.25, 0.3) is 10.9 Å². The third-order valence-electron chi connectivity index (χ3n) is 6.66. The Hall–Kier alpha value is -3.97. The van der Waals surface area contributed by atoms with Crippen LogP contribution in [0, 0.1) is 5.82 Å². The van der Waals surface area contributed by atoms with Crippen molar-refractivity contribution in [2.45, 2.75) is 38.0 Å². The first-order valence-electron chi connectivity index (χ1n) is 12.3. The van der Waals surface area contributed by atoms with Gasteiger partial charge < -0.3 is 30.2 Å². The van der Waals surface area contributed by atoms with Gasteiger partial charge in [-0.1, -0.05) is 18.2 Å². The molecule has 40 heavy (non-hydrogen) atoms. The summed E-state index contributed by atoms with van der Waals surface area (Å²) in [4.78, 5) is 36.0. The highest BCUT2D eigenvalue weighted by molar-refractivity contribution is 6.14. The van der Waals surface area contributed by atoms with E-state index in [9.17, 15) is 32.3 Å². The molecule has 1 aliphatic heterocycles. The summed E-state index contributed by atoms with van der Waals surface area (Å²) in [6, 6.07) is 9.97. The van der Waals surface area contributed by atoms with Crippen molar-refractivity contribution >= 4 is 28.7 Å². The number of rotatable bonds is 7. The summed E-state index contributed by atoms with van der Waals surface area (Å²) in [5, 5.41) is 17.3. The predicted molar refractivity (Wildman–Crippen MR) is 137 cm³/mol. The Bertz CT molecular complexity index is 1380. The van der Waals surface area contributed by atoms with E-state index >= 15 is 0 Å². The minimum absolute atomic E-state index is 0.0122. The molecule has 2 heterocycles. The summed E-state index contributed by atoms with van der Waals surface area (Å²) in [6.07, 6.45) is -2.11. The Kier molecular flexibility index (Phi) is 9.88. The molecule has 9 nitrogen and oxygen atoms in total. The van der Waals surface area contributed by atoms with Crippen molar-refractivity contribution in [3.63, 3.8) is 0 Å². The first kappa shape index (κ1) is 30.6. The second kappa shape index (κ2) is 12.9. The molecule has 2 aromatic carbocycles. The number of carboxylic acids is 2. The number of likely N-dealkylation sites (tertiary alicyclic amines) is 1. The third kappa shape index (κ3) is 6.96. The number of carbonyl (C=O) groups is 3. The zero-order chi connectivity index (χ0) is 29.6. The van der Waals surface area contributed by atoms with Crippen LogP contribution in [0.15, 0.2) is 42.6 Å². The largest absolute Gasteiger partial charge is 0.490 e. The van der Waals surface area contributed by atoms with Gasteiger partial charge in [-0.25, -0.2) is 14.0 Å². The minimum atomic E-state index is -5.08. The number of amides is 1. The van der Waals surface area contributed by atoms with E-state index in [1.165, 1.54) is 12.1 Å². The van der Waals surface area contributed by atoms with Crippen LogP contribution in [-0.4, -0.2) is 70.5 Å². The Morgan fingerprint density at radius 2 is 1.73 bits per heavy atom. The molecule has 0 saturated carbocycles. The molecular weight excluding hydrogens is 538 g/mol. The second-order valence-corrected chi connectivity index (χ2v) is 9.16. The SMILES string of the molecule is COCCn1cc(C(=O)N2CCC(c3cc(CN)ccc3F)CC2)c2c(C(=O)O)cccc21.O=C(O)C(F)(F)F. The van der Waals surface area contributed by atoms with E-state index < -0.39 is 18.1 Å². The van der Waals surface area contributed by atoms with Gasteiger partial charge in [-0.05, 0) is 48.1 Å². The van der Waals surface area contributed by atoms with Crippen LogP contribution in [0.3, 0.4) is 0 Å². The number of aromatic nitrogens is 1. The molecule has 0 bridgehead atoms. The number of methoxy groups -OCH3 is 1. The lowest BCUT2D eigenvalue weighted by atomic mass is 9.88. The topological polar surface area (TPSA) is 135 Å². The molecule has 216 valence electrons. The number of carboxylic acid groups (broad SMARTS) is 2. The number of piperidine rings is 1. The van der Waals surface area contributed by atoms with E-state index in [1.54, 1.807) is 30.3 Å². The van der Waals surface area contributed by atoms with Crippen LogP contribution in [0.1, 0.15) is 50.6 Å². The number of nitrogens with zero attached hydrogens (tertiary/aromatic N) is 2. The monoisotopic (exact) mass is 567 g/mol. The minimum Gasteiger partial charge on any atom is -0.478 e. The van der Waals surface area contributed by atoms with Crippen molar-refractivity contribution in [1.29, 1.82) is 0 Å². The number of benzene rings is 2. The summed E-state index contributed by atoms with van der Waals surface area (Å²) in [5.41, 5.74) is 8.40. The molecule has 0 atom stereocenters. The number of carbonyl (C=O) groups excluding carboxylic acids is 1. The first-order valence-corrected chi connectivity index (χ1v) is 12.3. The number of ether oxygens (including phenoxy) is 1. The fraction of sp³-hybridized carbons (Fsp3) is 0.370. The van der Waals surface area contributed by atoms with Crippen molar-refractivity contribution in [3.05, 3.63) is 70.7 Å². The molecule has 4 rings (SSSR count). The Balaban J connectivity index is 0.000000559. The number of halogens is 4. The van der Waals surface area contributed by atoms with Gasteiger partial charge in [0, 0.05) is 50.4 Å². The summed E-state index contributed by atoms with van der Waals surface area (Å²) in [7, 11) is 1.59. The molecule has 1 aliphatic rings. The fourth-order valence-corrected chi connectivity index (χ4v) is 4.66. The number of aromatic carboxylic acids is 1. The van der Waals surface area contributed by atoms with Gasteiger partial charge in [-0.3, -0.25) is 4.79 Å². The highest BCUT2D eigenvalue weighted by Crippen LogP contribution is 2.33. The maximum Gasteiger partial charge on any atom is 0.490 e. The number of aliphatic carboxylic acids is 1. The molecule has 3 aromatic rings. The average molecular weight is 568 g/mol. The molecule has 1 amide bonds. The van der Waals surface area contributed by atoms with Gasteiger partial charge in [0.2, 0.25) is 0 Å². The maximum atomic E-state index is 14.4. The smallest absolute Gasteiger partial charge is 0.478 e. The van der Waals surface area contributed by atoms with Gasteiger partial charge in [0.25, 0.3) is 5.91 Å². The van der Waals surface area contributed by atoms with Crippen molar-refractivity contribution in [3.8, 4) is 0 Å². The van der Waals surface area contributed by atoms with Crippen LogP contribution >= 0.6 is 0 Å². The second-order valence-electron chi connectivity index (χ2n) is 9.16. The maximum absolute atomic E-state index is 14.4. The lowest BCUT2D eigenvalue weighted by molar-refractivity contribution is -0.192. The van der Waals surface area contributed by atoms with Gasteiger partial charge in [0.15, 0.2) is 0 Å². The Morgan fingerprint density at radius 1 is 1.07 bits per heavy atom. The van der Waals surface area contributed by atoms with Crippen molar-refractivity contribution < 1.29 is 46.9 Å². The Labute approximate surface area is 226 Å². The molecule has 13 heteroatoms. The van der Waals surface area contributed by atoms with E-state index in [0.29, 0.717) is 67.7 Å². The highest BCUT2D eigenvalue weighted by atomic mass is 19.4. The highest BCUT2D eigenvalue weighted by Gasteiger charge is 2.38. The van der Waals surface area contributed by atoms with Gasteiger partial charge >= 0.3 is 18.1 Å². The zero-order valence-corrected chi connectivity index (χ0v) is 21.6. The van der Waals surface area contributed by atoms with Crippen LogP contribution < -0.4 is 5.73 Å². The van der Waals surface area contributed by atoms with Crippen molar-refractivity contribution in [2.24, 2.45) is 5.73 Å². The lowest BCUT2D eigenvalue weighted by Gasteiger charge is -2.32. The van der Waals surface area contributed by atoms with Gasteiger partial charge in [0.05, 0.1) is 17.7 Å². The number of hydrogen-bond donors (Lipinski definition) is 3. The number of nitrogens with two attached hydrogens (primary N) is 1. The molecule has 4 N–H and O–H groups in total. The normalized spacial score (nSPS) is 14.1. The summed E-state index contributed by atoms with van der Waals surface area (Å²) in [6.45, 7) is 2.23. The van der Waals surface area contributed by atoms with E-state index in [-0.39, 0.29) is 23.2 Å². The van der Waals surface area contributed by atoms with Crippen molar-refractivity contribution in [1.82, 2.24) is 9.47 Å². The average Bonchev–Trinajstić information content (AvgIpc) is 3.30. The molecule has 0 aliphatic carbocycles. The van der Waals surface area contributed by atoms with E-state index in [2.05, 4.69) is 0 Å². The third-order valence-corrected chi connectivity index (χ3v) is 6.66. The fourth-order valence-electron chi connectivity index (χ4n) is 4.66. The van der Waals surface area contributed by atoms with Crippen molar-refractivity contribution in [2.75, 3.05) is 26.8 Å². The standard InChI is InChI=1S/C25H28FN3O4.C2HF3O2/c1-33-12-11-29-15-20(23-18(25(31)32)3-2-4-22(23)29)24(30)28-9-7-17(8-10-28)19-13-16(14-27)5-6-21(19)26;3-2(4,5)1(6)7/h2-6,13,15,17H,7-12,14,27H2,1H3,(H,31,32);(H,6,7). The molecule has 0 unspecified atom stereocenters. The van der Waals surface area contributed by atoms with Crippen LogP contribution in [0.5, 0.6) is 0 Å². The number of alkyl halides is 3. The summed E-state index contributed by atoms with van der Waals surface area (Å²) in [5.74, 6) is -4.28. The number of hydrogen-bond acceptors (Lipinski definition) is 5. The van der Waals surface area contributed by atoms with Gasteiger partial charge in [0.1, 0.15) is 5.82 Å². The Morgan fingerprint density at radius 3 is 2.27 bits per heavy atom. The van der Waals surface area contributed by atoms with E-state index in [4.69, 9.17) is 20.4 Å². The molecule has 1 fully saturated rings. The van der Waals surface area contributed by atoms with Gasteiger partial charge in [-0.15, -0.1) is 0 Å². The van der Waals surface area contributed by atoms with Gasteiger partial charge in [-0.2, -0.15) is 13.2 Å². The lowest BCUT2D eigenvalue weighted by Crippen LogP contribution is -2.38. The molecule has 1 aromatic heterocycles. The summed E-state index contributed by atoms with van der Waals surface area (Å²) >= 11 is 0. The molecule has 0 radical (unpaired) electrons. The van der Waals surface area contributed by atoms with E-state index in [0.717, 1.165) is 5.56 Å². The summed E-state index contributed by atoms with van der Waals surface area (Å²) < 4.78 is 53.2. The van der Waals surface area contributed by atoms with Crippen LogP contribution in [-0.2, 0) is 22.6 Å². The molecule has 1 saturated heterocycles. The first-order chi connectivity index (χ1) is 18.9. The molecular formula is C27H29F4N3O6. The zero-order valence-electron chi connectivity index (χ0n) is 21.6. The quantitative estimate of drug-likeness (QED) is 0.364. The molecule has 0 spiro atoms. The van der Waals surface area contributed by atoms with Crippen LogP contribution in [0.2, 0.25) is 0 Å². The number of fused-ring (bicyclic) bond motifs is 1. The van der Waals surface area contributed by atoms with Crippen LogP contribution in [0.4, 0.5) is 17.6 Å².